The molecule has 0 radical (unpaired) electrons. The van der Waals surface area contributed by atoms with E-state index in [1.165, 1.54) is 24.0 Å². The largest absolute Gasteiger partial charge is 0.293 e. The Hall–Kier alpha value is -0.860. The number of hydrogen-bond acceptors (Lipinski definition) is 2. The summed E-state index contributed by atoms with van der Waals surface area (Å²) >= 11 is 0. The summed E-state index contributed by atoms with van der Waals surface area (Å²) in [5.74, 6) is 1.25. The zero-order chi connectivity index (χ0) is 15.4. The molecule has 116 valence electrons. The summed E-state index contributed by atoms with van der Waals surface area (Å²) in [5, 5.41) is 2.13. The lowest BCUT2D eigenvalue weighted by Crippen LogP contribution is -2.48. The van der Waals surface area contributed by atoms with Crippen molar-refractivity contribution >= 4 is 0 Å². The lowest BCUT2D eigenvalue weighted by molar-refractivity contribution is -0.182. The van der Waals surface area contributed by atoms with Crippen molar-refractivity contribution in [1.82, 2.24) is 5.06 Å². The molecule has 0 N–H and O–H groups in total. The Morgan fingerprint density at radius 1 is 1.14 bits per heavy atom. The van der Waals surface area contributed by atoms with Gasteiger partial charge in [-0.1, -0.05) is 38.1 Å². The van der Waals surface area contributed by atoms with E-state index in [0.717, 1.165) is 0 Å². The molecule has 1 heterocycles. The Balaban J connectivity index is 1.99. The molecular weight excluding hydrogens is 258 g/mol. The smallest absolute Gasteiger partial charge is 0.0887 e. The van der Waals surface area contributed by atoms with E-state index < -0.39 is 0 Å². The van der Waals surface area contributed by atoms with E-state index in [4.69, 9.17) is 4.84 Å². The highest BCUT2D eigenvalue weighted by atomic mass is 16.7. The molecule has 0 amide bonds. The first kappa shape index (κ1) is 15.1. The van der Waals surface area contributed by atoms with E-state index in [0.29, 0.717) is 17.9 Å². The van der Waals surface area contributed by atoms with Crippen LogP contribution < -0.4 is 0 Å². The molecule has 1 saturated heterocycles. The van der Waals surface area contributed by atoms with Gasteiger partial charge in [-0.05, 0) is 56.1 Å². The Kier molecular flexibility index (Phi) is 3.46. The van der Waals surface area contributed by atoms with Gasteiger partial charge in [0.1, 0.15) is 0 Å². The van der Waals surface area contributed by atoms with Crippen molar-refractivity contribution in [2.75, 3.05) is 7.05 Å². The Labute approximate surface area is 129 Å². The maximum Gasteiger partial charge on any atom is 0.0887 e. The average Bonchev–Trinajstić information content (AvgIpc) is 2.59. The molecule has 0 spiro atoms. The second-order valence-corrected chi connectivity index (χ2v) is 8.10. The third-order valence-corrected chi connectivity index (χ3v) is 5.93. The van der Waals surface area contributed by atoms with Gasteiger partial charge in [-0.25, -0.2) is 0 Å². The lowest BCUT2D eigenvalue weighted by Gasteiger charge is -2.47. The lowest BCUT2D eigenvalue weighted by atomic mass is 9.58. The monoisotopic (exact) mass is 287 g/mol. The Morgan fingerprint density at radius 2 is 1.81 bits per heavy atom. The first-order valence-corrected chi connectivity index (χ1v) is 8.23. The third kappa shape index (κ3) is 2.33. The maximum absolute atomic E-state index is 6.16. The second-order valence-electron chi connectivity index (χ2n) is 8.10. The summed E-state index contributed by atoms with van der Waals surface area (Å²) in [4.78, 5) is 6.16. The van der Waals surface area contributed by atoms with Crippen LogP contribution in [0.1, 0.15) is 51.7 Å². The van der Waals surface area contributed by atoms with E-state index >= 15 is 0 Å². The minimum absolute atomic E-state index is 0.0575. The van der Waals surface area contributed by atoms with E-state index in [9.17, 15) is 0 Å². The Bertz CT molecular complexity index is 538. The van der Waals surface area contributed by atoms with Crippen LogP contribution in [0.3, 0.4) is 0 Å². The molecule has 1 saturated carbocycles. The predicted molar refractivity (Wildman–Crippen MR) is 87.1 cm³/mol. The molecule has 21 heavy (non-hydrogen) atoms. The highest BCUT2D eigenvalue weighted by Crippen LogP contribution is 2.53. The quantitative estimate of drug-likeness (QED) is 0.762. The molecule has 1 aromatic rings. The van der Waals surface area contributed by atoms with Crippen molar-refractivity contribution in [3.8, 4) is 0 Å². The van der Waals surface area contributed by atoms with E-state index in [1.807, 2.05) is 0 Å². The molecule has 2 nitrogen and oxygen atoms in total. The van der Waals surface area contributed by atoms with E-state index in [2.05, 4.69) is 71.0 Å². The van der Waals surface area contributed by atoms with Crippen molar-refractivity contribution < 1.29 is 4.84 Å². The van der Waals surface area contributed by atoms with Crippen molar-refractivity contribution in [2.45, 2.75) is 64.5 Å². The zero-order valence-electron chi connectivity index (χ0n) is 14.3. The molecule has 1 aromatic carbocycles. The minimum Gasteiger partial charge on any atom is -0.293 e. The highest BCUT2D eigenvalue weighted by Gasteiger charge is 2.55. The summed E-state index contributed by atoms with van der Waals surface area (Å²) in [6, 6.07) is 9.46. The topological polar surface area (TPSA) is 12.5 Å². The molecule has 2 fully saturated rings. The van der Waals surface area contributed by atoms with Gasteiger partial charge < -0.3 is 0 Å². The standard InChI is InChI=1S/C19H29NO/c1-13-9-7-8-10-15(13)19(5)11-14(2)17-16(12-19)18(3,4)21-20(17)6/h7-10,14,16-17H,11-12H2,1-6H3/t14-,16+,17+,19+/m0/s1. The SMILES string of the molecule is Cc1ccccc1[C@@]1(C)C[C@@H]2[C@@H]([C@@H](C)C1)N(C)OC2(C)C. The minimum atomic E-state index is -0.0575. The fourth-order valence-electron chi connectivity index (χ4n) is 5.16. The van der Waals surface area contributed by atoms with Gasteiger partial charge in [0, 0.05) is 19.0 Å². The van der Waals surface area contributed by atoms with E-state index in [-0.39, 0.29) is 11.0 Å². The fourth-order valence-corrected chi connectivity index (χ4v) is 5.16. The summed E-state index contributed by atoms with van der Waals surface area (Å²) in [7, 11) is 2.11. The van der Waals surface area contributed by atoms with Crippen molar-refractivity contribution in [2.24, 2.45) is 11.8 Å². The van der Waals surface area contributed by atoms with Crippen LogP contribution in [0.25, 0.3) is 0 Å². The van der Waals surface area contributed by atoms with Crippen LogP contribution >= 0.6 is 0 Å². The maximum atomic E-state index is 6.16. The van der Waals surface area contributed by atoms with Crippen LogP contribution in [0, 0.1) is 18.8 Å². The fraction of sp³-hybridized carbons (Fsp3) is 0.684. The van der Waals surface area contributed by atoms with Crippen LogP contribution in [0.15, 0.2) is 24.3 Å². The van der Waals surface area contributed by atoms with Gasteiger partial charge in [-0.15, -0.1) is 0 Å². The number of nitrogens with zero attached hydrogens (tertiary/aromatic N) is 1. The molecular formula is C19H29NO. The molecule has 0 unspecified atom stereocenters. The molecule has 2 aliphatic rings. The molecule has 0 bridgehead atoms. The van der Waals surface area contributed by atoms with Gasteiger partial charge in [0.15, 0.2) is 0 Å². The number of rotatable bonds is 1. The predicted octanol–water partition coefficient (Wildman–Crippen LogP) is 4.32. The van der Waals surface area contributed by atoms with Crippen LogP contribution in [0.2, 0.25) is 0 Å². The summed E-state index contributed by atoms with van der Waals surface area (Å²) < 4.78 is 0. The molecule has 3 rings (SSSR count). The van der Waals surface area contributed by atoms with Crippen molar-refractivity contribution in [3.05, 3.63) is 35.4 Å². The third-order valence-electron chi connectivity index (χ3n) is 5.93. The van der Waals surface area contributed by atoms with Crippen LogP contribution in [-0.4, -0.2) is 23.8 Å². The molecule has 4 atom stereocenters. The van der Waals surface area contributed by atoms with Gasteiger partial charge in [0.2, 0.25) is 0 Å². The van der Waals surface area contributed by atoms with Gasteiger partial charge in [0.05, 0.1) is 5.60 Å². The summed E-state index contributed by atoms with van der Waals surface area (Å²) in [6.45, 7) is 11.6. The summed E-state index contributed by atoms with van der Waals surface area (Å²) in [5.41, 5.74) is 3.16. The number of fused-ring (bicyclic) bond motifs is 1. The van der Waals surface area contributed by atoms with Gasteiger partial charge in [-0.2, -0.15) is 5.06 Å². The molecule has 1 aliphatic carbocycles. The number of hydrogen-bond donors (Lipinski definition) is 0. The molecule has 2 heteroatoms. The Morgan fingerprint density at radius 3 is 2.48 bits per heavy atom. The van der Waals surface area contributed by atoms with Crippen LogP contribution in [-0.2, 0) is 10.3 Å². The van der Waals surface area contributed by atoms with Crippen molar-refractivity contribution in [3.63, 3.8) is 0 Å². The van der Waals surface area contributed by atoms with Crippen LogP contribution in [0.5, 0.6) is 0 Å². The number of hydroxylamine groups is 2. The average molecular weight is 287 g/mol. The summed E-state index contributed by atoms with van der Waals surface area (Å²) in [6.07, 6.45) is 2.45. The van der Waals surface area contributed by atoms with Gasteiger partial charge in [0.25, 0.3) is 0 Å². The first-order valence-electron chi connectivity index (χ1n) is 8.23. The number of benzene rings is 1. The van der Waals surface area contributed by atoms with Gasteiger partial charge >= 0.3 is 0 Å². The second kappa shape index (κ2) is 4.82. The van der Waals surface area contributed by atoms with Crippen LogP contribution in [0.4, 0.5) is 0 Å². The zero-order valence-corrected chi connectivity index (χ0v) is 14.3. The normalized spacial score (nSPS) is 39.2. The highest BCUT2D eigenvalue weighted by molar-refractivity contribution is 5.34. The van der Waals surface area contributed by atoms with Gasteiger partial charge in [-0.3, -0.25) is 4.84 Å². The first-order chi connectivity index (χ1) is 9.74. The number of aryl methyl sites for hydroxylation is 1. The van der Waals surface area contributed by atoms with E-state index in [1.54, 1.807) is 0 Å². The molecule has 1 aliphatic heterocycles. The van der Waals surface area contributed by atoms with Crippen molar-refractivity contribution in [1.29, 1.82) is 0 Å². The molecule has 0 aromatic heterocycles.